The predicted octanol–water partition coefficient (Wildman–Crippen LogP) is 3.07. The lowest BCUT2D eigenvalue weighted by molar-refractivity contribution is 0.0760. The summed E-state index contributed by atoms with van der Waals surface area (Å²) in [6, 6.07) is 8.45. The van der Waals surface area contributed by atoms with Crippen LogP contribution in [0.3, 0.4) is 0 Å². The lowest BCUT2D eigenvalue weighted by Crippen LogP contribution is -2.28. The molecule has 1 N–H and O–H groups in total. The Kier molecular flexibility index (Phi) is 3.08. The van der Waals surface area contributed by atoms with E-state index in [1.165, 1.54) is 11.9 Å². The minimum Gasteiger partial charge on any atom is -0.391 e. The summed E-state index contributed by atoms with van der Waals surface area (Å²) in [5.74, 6) is 1.10. The fourth-order valence-electron chi connectivity index (χ4n) is 3.11. The molecule has 2 aromatic rings. The quantitative estimate of drug-likeness (QED) is 0.881. The minimum atomic E-state index is -0.221. The summed E-state index contributed by atoms with van der Waals surface area (Å²) in [5, 5.41) is 10.3. The average Bonchev–Trinajstić information content (AvgIpc) is 2.78. The number of aliphatic hydroxyl groups is 1. The number of nitrogens with zero attached hydrogens (tertiary/aromatic N) is 2. The number of hydrogen-bond acceptors (Lipinski definition) is 2. The molecule has 18 heavy (non-hydrogen) atoms. The second-order valence-corrected chi connectivity index (χ2v) is 5.16. The normalized spacial score (nSPS) is 24.6. The van der Waals surface area contributed by atoms with Gasteiger partial charge in [-0.25, -0.2) is 4.98 Å². The minimum absolute atomic E-state index is 0.209. The molecular formula is C15H20N2O. The standard InChI is InChI=1S/C15H20N2O/c1-2-15-16-11-7-3-4-8-12(11)17(15)13-9-5-6-10-14(13)18/h3-4,7-8,13-14,18H,2,5-6,9-10H2,1H3/t13-,14-/m1/s1. The van der Waals surface area contributed by atoms with Gasteiger partial charge in [-0.05, 0) is 25.0 Å². The van der Waals surface area contributed by atoms with Crippen molar-refractivity contribution in [3.8, 4) is 0 Å². The Bertz CT molecular complexity index is 546. The van der Waals surface area contributed by atoms with Crippen molar-refractivity contribution >= 4 is 11.0 Å². The maximum atomic E-state index is 10.3. The van der Waals surface area contributed by atoms with Gasteiger partial charge in [0.05, 0.1) is 23.2 Å². The predicted molar refractivity (Wildman–Crippen MR) is 72.6 cm³/mol. The molecule has 1 aliphatic carbocycles. The van der Waals surface area contributed by atoms with Crippen LogP contribution in [0, 0.1) is 0 Å². The molecule has 3 nitrogen and oxygen atoms in total. The summed E-state index contributed by atoms with van der Waals surface area (Å²) < 4.78 is 2.28. The molecule has 0 radical (unpaired) electrons. The van der Waals surface area contributed by atoms with Crippen LogP contribution < -0.4 is 0 Å². The molecule has 1 heterocycles. The first kappa shape index (κ1) is 11.7. The van der Waals surface area contributed by atoms with Crippen LogP contribution in [0.2, 0.25) is 0 Å². The number of aryl methyl sites for hydroxylation is 1. The summed E-state index contributed by atoms with van der Waals surface area (Å²) in [5.41, 5.74) is 2.22. The Hall–Kier alpha value is -1.35. The Morgan fingerprint density at radius 3 is 2.83 bits per heavy atom. The lowest BCUT2D eigenvalue weighted by Gasteiger charge is -2.30. The molecule has 1 aromatic carbocycles. The zero-order valence-electron chi connectivity index (χ0n) is 10.8. The number of aliphatic hydroxyl groups excluding tert-OH is 1. The lowest BCUT2D eigenvalue weighted by atomic mass is 9.92. The molecule has 0 amide bonds. The van der Waals surface area contributed by atoms with Gasteiger partial charge in [0.2, 0.25) is 0 Å². The highest BCUT2D eigenvalue weighted by Gasteiger charge is 2.27. The molecule has 0 spiro atoms. The Morgan fingerprint density at radius 2 is 2.06 bits per heavy atom. The Morgan fingerprint density at radius 1 is 1.28 bits per heavy atom. The zero-order valence-corrected chi connectivity index (χ0v) is 10.8. The summed E-state index contributed by atoms with van der Waals surface area (Å²) in [7, 11) is 0. The van der Waals surface area contributed by atoms with Gasteiger partial charge in [0.25, 0.3) is 0 Å². The highest BCUT2D eigenvalue weighted by atomic mass is 16.3. The highest BCUT2D eigenvalue weighted by Crippen LogP contribution is 2.32. The van der Waals surface area contributed by atoms with E-state index in [1.54, 1.807) is 0 Å². The summed E-state index contributed by atoms with van der Waals surface area (Å²) >= 11 is 0. The van der Waals surface area contributed by atoms with Gasteiger partial charge in [0.15, 0.2) is 0 Å². The molecule has 1 aromatic heterocycles. The topological polar surface area (TPSA) is 38.0 Å². The number of fused-ring (bicyclic) bond motifs is 1. The van der Waals surface area contributed by atoms with Crippen LogP contribution in [0.15, 0.2) is 24.3 Å². The molecule has 1 fully saturated rings. The maximum Gasteiger partial charge on any atom is 0.109 e. The third-order valence-corrected chi connectivity index (χ3v) is 4.01. The molecule has 2 atom stereocenters. The third-order valence-electron chi connectivity index (χ3n) is 4.01. The SMILES string of the molecule is CCc1nc2ccccc2n1[C@@H]1CCCC[C@H]1O. The molecule has 0 unspecified atom stereocenters. The number of para-hydroxylation sites is 2. The van der Waals surface area contributed by atoms with E-state index in [0.29, 0.717) is 0 Å². The van der Waals surface area contributed by atoms with E-state index < -0.39 is 0 Å². The van der Waals surface area contributed by atoms with Crippen LogP contribution in [-0.2, 0) is 6.42 Å². The molecule has 0 aliphatic heterocycles. The Labute approximate surface area is 107 Å². The Balaban J connectivity index is 2.13. The molecule has 1 aliphatic rings. The van der Waals surface area contributed by atoms with E-state index in [0.717, 1.165) is 37.0 Å². The van der Waals surface area contributed by atoms with Crippen molar-refractivity contribution in [3.63, 3.8) is 0 Å². The molecule has 3 rings (SSSR count). The van der Waals surface area contributed by atoms with Crippen LogP contribution >= 0.6 is 0 Å². The molecular weight excluding hydrogens is 224 g/mol. The summed E-state index contributed by atoms with van der Waals surface area (Å²) in [4.78, 5) is 4.69. The zero-order chi connectivity index (χ0) is 12.5. The number of aromatic nitrogens is 2. The van der Waals surface area contributed by atoms with Gasteiger partial charge in [-0.1, -0.05) is 31.9 Å². The fourth-order valence-corrected chi connectivity index (χ4v) is 3.11. The molecule has 0 saturated heterocycles. The van der Waals surface area contributed by atoms with Crippen molar-refractivity contribution in [2.75, 3.05) is 0 Å². The average molecular weight is 244 g/mol. The number of benzene rings is 1. The smallest absolute Gasteiger partial charge is 0.109 e. The highest BCUT2D eigenvalue weighted by molar-refractivity contribution is 5.76. The van der Waals surface area contributed by atoms with Crippen LogP contribution in [0.1, 0.15) is 44.5 Å². The van der Waals surface area contributed by atoms with Gasteiger partial charge in [-0.15, -0.1) is 0 Å². The number of hydrogen-bond donors (Lipinski definition) is 1. The maximum absolute atomic E-state index is 10.3. The molecule has 3 heteroatoms. The first-order valence-corrected chi connectivity index (χ1v) is 6.95. The molecule has 0 bridgehead atoms. The van der Waals surface area contributed by atoms with Crippen molar-refractivity contribution in [3.05, 3.63) is 30.1 Å². The van der Waals surface area contributed by atoms with Crippen molar-refractivity contribution in [1.82, 2.24) is 9.55 Å². The van der Waals surface area contributed by atoms with Gasteiger partial charge < -0.3 is 9.67 Å². The second kappa shape index (κ2) is 4.73. The van der Waals surface area contributed by atoms with Crippen molar-refractivity contribution in [1.29, 1.82) is 0 Å². The molecule has 96 valence electrons. The first-order chi connectivity index (χ1) is 8.81. The fraction of sp³-hybridized carbons (Fsp3) is 0.533. The van der Waals surface area contributed by atoms with Crippen LogP contribution in [-0.4, -0.2) is 20.8 Å². The van der Waals surface area contributed by atoms with Crippen molar-refractivity contribution in [2.45, 2.75) is 51.2 Å². The van der Waals surface area contributed by atoms with Crippen LogP contribution in [0.25, 0.3) is 11.0 Å². The van der Waals surface area contributed by atoms with Gasteiger partial charge in [-0.3, -0.25) is 0 Å². The van der Waals surface area contributed by atoms with Crippen LogP contribution in [0.4, 0.5) is 0 Å². The van der Waals surface area contributed by atoms with Crippen molar-refractivity contribution in [2.24, 2.45) is 0 Å². The van der Waals surface area contributed by atoms with Gasteiger partial charge in [-0.2, -0.15) is 0 Å². The first-order valence-electron chi connectivity index (χ1n) is 6.95. The van der Waals surface area contributed by atoms with E-state index in [4.69, 9.17) is 4.98 Å². The van der Waals surface area contributed by atoms with Gasteiger partial charge >= 0.3 is 0 Å². The van der Waals surface area contributed by atoms with E-state index in [-0.39, 0.29) is 12.1 Å². The third kappa shape index (κ3) is 1.83. The molecule has 1 saturated carbocycles. The second-order valence-electron chi connectivity index (χ2n) is 5.16. The number of imidazole rings is 1. The van der Waals surface area contributed by atoms with E-state index in [9.17, 15) is 5.11 Å². The summed E-state index contributed by atoms with van der Waals surface area (Å²) in [6.45, 7) is 2.13. The van der Waals surface area contributed by atoms with E-state index in [2.05, 4.69) is 29.7 Å². The van der Waals surface area contributed by atoms with Gasteiger partial charge in [0, 0.05) is 6.42 Å². The number of rotatable bonds is 2. The largest absolute Gasteiger partial charge is 0.391 e. The van der Waals surface area contributed by atoms with E-state index >= 15 is 0 Å². The van der Waals surface area contributed by atoms with Crippen molar-refractivity contribution < 1.29 is 5.11 Å². The van der Waals surface area contributed by atoms with Crippen LogP contribution in [0.5, 0.6) is 0 Å². The monoisotopic (exact) mass is 244 g/mol. The van der Waals surface area contributed by atoms with E-state index in [1.807, 2.05) is 6.07 Å². The van der Waals surface area contributed by atoms with Gasteiger partial charge in [0.1, 0.15) is 5.82 Å². The summed E-state index contributed by atoms with van der Waals surface area (Å²) in [6.07, 6.45) is 5.03.